The smallest absolute Gasteiger partial charge is 0.424 e. The van der Waals surface area contributed by atoms with Crippen LogP contribution in [-0.2, 0) is 19.8 Å². The quantitative estimate of drug-likeness (QED) is 0.546. The average Bonchev–Trinajstić information content (AvgIpc) is 2.19. The molecule has 0 aliphatic heterocycles. The Hall–Kier alpha value is -1.47. The molecule has 1 aromatic rings. The zero-order valence-corrected chi connectivity index (χ0v) is 9.23. The van der Waals surface area contributed by atoms with Crippen LogP contribution < -0.4 is 0 Å². The van der Waals surface area contributed by atoms with Gasteiger partial charge in [-0.2, -0.15) is 0 Å². The van der Waals surface area contributed by atoms with Gasteiger partial charge in [0.15, 0.2) is 0 Å². The zero-order valence-electron chi connectivity index (χ0n) is 8.33. The summed E-state index contributed by atoms with van der Waals surface area (Å²) in [5.41, 5.74) is 0.879. The van der Waals surface area contributed by atoms with E-state index in [0.29, 0.717) is 0 Å². The first-order valence-corrected chi connectivity index (χ1v) is 6.14. The van der Waals surface area contributed by atoms with Crippen molar-refractivity contribution in [3.05, 3.63) is 61.6 Å². The highest BCUT2D eigenvalue weighted by Crippen LogP contribution is 2.51. The second kappa shape index (κ2) is 5.42. The third-order valence-electron chi connectivity index (χ3n) is 1.69. The molecule has 0 spiro atoms. The van der Waals surface area contributed by atoms with Gasteiger partial charge in [-0.25, -0.2) is 4.57 Å². The number of benzene rings is 1. The molecule has 80 valence electrons. The van der Waals surface area contributed by atoms with Gasteiger partial charge in [0.05, 0.1) is 18.7 Å². The molecule has 1 aromatic carbocycles. The molecule has 0 unspecified atom stereocenters. The molecule has 0 saturated heterocycles. The van der Waals surface area contributed by atoms with E-state index >= 15 is 0 Å². The van der Waals surface area contributed by atoms with Crippen LogP contribution in [0, 0.1) is 0 Å². The molecule has 0 fully saturated rings. The van der Waals surface area contributed by atoms with Crippen LogP contribution in [0.3, 0.4) is 0 Å². The van der Waals surface area contributed by atoms with Crippen LogP contribution >= 0.6 is 7.60 Å². The maximum absolute atomic E-state index is 12.0. The SMILES string of the molecule is C=COP(=O)(Cc1ccccc1)OC=C. The second-order valence-corrected chi connectivity index (χ2v) is 4.76. The first kappa shape index (κ1) is 11.6. The van der Waals surface area contributed by atoms with E-state index in [2.05, 4.69) is 13.2 Å². The fourth-order valence-corrected chi connectivity index (χ4v) is 2.44. The zero-order chi connectivity index (χ0) is 11.1. The van der Waals surface area contributed by atoms with Crippen LogP contribution in [-0.4, -0.2) is 0 Å². The monoisotopic (exact) mass is 224 g/mol. The molecule has 0 amide bonds. The van der Waals surface area contributed by atoms with E-state index in [1.807, 2.05) is 30.3 Å². The summed E-state index contributed by atoms with van der Waals surface area (Å²) in [4.78, 5) is 0. The van der Waals surface area contributed by atoms with Crippen molar-refractivity contribution < 1.29 is 13.6 Å². The Balaban J connectivity index is 2.79. The van der Waals surface area contributed by atoms with Crippen molar-refractivity contribution >= 4 is 7.60 Å². The van der Waals surface area contributed by atoms with Crippen LogP contribution in [0.15, 0.2) is 56.0 Å². The summed E-state index contributed by atoms with van der Waals surface area (Å²) in [6, 6.07) is 9.32. The molecule has 0 aliphatic carbocycles. The molecule has 0 radical (unpaired) electrons. The molecule has 0 aromatic heterocycles. The highest BCUT2D eigenvalue weighted by atomic mass is 31.2. The summed E-state index contributed by atoms with van der Waals surface area (Å²) < 4.78 is 21.8. The third kappa shape index (κ3) is 3.64. The van der Waals surface area contributed by atoms with Crippen molar-refractivity contribution in [2.75, 3.05) is 0 Å². The standard InChI is InChI=1S/C11H13O3P/c1-3-13-15(12,14-4-2)10-11-8-6-5-7-9-11/h3-9H,1-2,10H2. The van der Waals surface area contributed by atoms with Gasteiger partial charge in [0.25, 0.3) is 0 Å². The summed E-state index contributed by atoms with van der Waals surface area (Å²) in [5, 5.41) is 0. The molecule has 0 atom stereocenters. The largest absolute Gasteiger partial charge is 0.433 e. The van der Waals surface area contributed by atoms with Gasteiger partial charge in [-0.1, -0.05) is 43.5 Å². The van der Waals surface area contributed by atoms with E-state index < -0.39 is 7.60 Å². The Morgan fingerprint density at radius 3 is 2.13 bits per heavy atom. The lowest BCUT2D eigenvalue weighted by molar-refractivity contribution is 0.327. The molecular formula is C11H13O3P. The van der Waals surface area contributed by atoms with Crippen molar-refractivity contribution in [1.82, 2.24) is 0 Å². The molecule has 0 saturated carbocycles. The van der Waals surface area contributed by atoms with Gasteiger partial charge in [0.1, 0.15) is 0 Å². The first-order chi connectivity index (χ1) is 7.20. The molecule has 4 heteroatoms. The molecule has 15 heavy (non-hydrogen) atoms. The van der Waals surface area contributed by atoms with E-state index in [-0.39, 0.29) is 6.16 Å². The summed E-state index contributed by atoms with van der Waals surface area (Å²) in [5.74, 6) is 0. The minimum absolute atomic E-state index is 0.200. The summed E-state index contributed by atoms with van der Waals surface area (Å²) in [7, 11) is -3.18. The van der Waals surface area contributed by atoms with Crippen LogP contribution in [0.1, 0.15) is 5.56 Å². The van der Waals surface area contributed by atoms with E-state index in [0.717, 1.165) is 18.1 Å². The average molecular weight is 224 g/mol. The first-order valence-electron chi connectivity index (χ1n) is 4.42. The normalized spacial score (nSPS) is 10.4. The lowest BCUT2D eigenvalue weighted by atomic mass is 10.2. The Kier molecular flexibility index (Phi) is 4.19. The fraction of sp³-hybridized carbons (Fsp3) is 0.0909. The minimum atomic E-state index is -3.18. The van der Waals surface area contributed by atoms with Gasteiger partial charge < -0.3 is 9.05 Å². The molecule has 3 nitrogen and oxygen atoms in total. The Labute approximate surface area is 89.6 Å². The Morgan fingerprint density at radius 2 is 1.67 bits per heavy atom. The van der Waals surface area contributed by atoms with Crippen LogP contribution in [0.5, 0.6) is 0 Å². The summed E-state index contributed by atoms with van der Waals surface area (Å²) in [6.07, 6.45) is 2.44. The van der Waals surface area contributed by atoms with Crippen molar-refractivity contribution in [2.24, 2.45) is 0 Å². The van der Waals surface area contributed by atoms with Crippen molar-refractivity contribution in [1.29, 1.82) is 0 Å². The molecular weight excluding hydrogens is 211 g/mol. The lowest BCUT2D eigenvalue weighted by Crippen LogP contribution is -1.91. The topological polar surface area (TPSA) is 35.5 Å². The maximum atomic E-state index is 12.0. The van der Waals surface area contributed by atoms with Crippen LogP contribution in [0.4, 0.5) is 0 Å². The second-order valence-electron chi connectivity index (χ2n) is 2.80. The maximum Gasteiger partial charge on any atom is 0.433 e. The summed E-state index contributed by atoms with van der Waals surface area (Å²) >= 11 is 0. The van der Waals surface area contributed by atoms with Crippen LogP contribution in [0.2, 0.25) is 0 Å². The van der Waals surface area contributed by atoms with Crippen molar-refractivity contribution in [3.8, 4) is 0 Å². The predicted octanol–water partition coefficient (Wildman–Crippen LogP) is 3.70. The third-order valence-corrected chi connectivity index (χ3v) is 3.38. The molecule has 0 heterocycles. The molecule has 0 bridgehead atoms. The van der Waals surface area contributed by atoms with E-state index in [1.54, 1.807) is 0 Å². The van der Waals surface area contributed by atoms with Crippen molar-refractivity contribution in [3.63, 3.8) is 0 Å². The highest BCUT2D eigenvalue weighted by Gasteiger charge is 2.24. The van der Waals surface area contributed by atoms with Gasteiger partial charge in [-0.3, -0.25) is 0 Å². The van der Waals surface area contributed by atoms with E-state index in [9.17, 15) is 4.57 Å². The molecule has 0 N–H and O–H groups in total. The van der Waals surface area contributed by atoms with E-state index in [4.69, 9.17) is 9.05 Å². The highest BCUT2D eigenvalue weighted by molar-refractivity contribution is 7.53. The van der Waals surface area contributed by atoms with Gasteiger partial charge in [0.2, 0.25) is 0 Å². The molecule has 1 rings (SSSR count). The van der Waals surface area contributed by atoms with Crippen LogP contribution in [0.25, 0.3) is 0 Å². The van der Waals surface area contributed by atoms with Gasteiger partial charge in [-0.05, 0) is 5.56 Å². The number of hydrogen-bond acceptors (Lipinski definition) is 3. The Morgan fingerprint density at radius 1 is 1.13 bits per heavy atom. The molecule has 0 aliphatic rings. The number of hydrogen-bond donors (Lipinski definition) is 0. The fourth-order valence-electron chi connectivity index (χ4n) is 1.13. The summed E-state index contributed by atoms with van der Waals surface area (Å²) in [6.45, 7) is 6.72. The van der Waals surface area contributed by atoms with Gasteiger partial charge in [-0.15, -0.1) is 0 Å². The lowest BCUT2D eigenvalue weighted by Gasteiger charge is -2.15. The number of rotatable bonds is 6. The Bertz CT molecular complexity index is 359. The van der Waals surface area contributed by atoms with Crippen molar-refractivity contribution in [2.45, 2.75) is 6.16 Å². The van der Waals surface area contributed by atoms with E-state index in [1.165, 1.54) is 0 Å². The predicted molar refractivity (Wildman–Crippen MR) is 60.3 cm³/mol. The van der Waals surface area contributed by atoms with Gasteiger partial charge in [0, 0.05) is 0 Å². The van der Waals surface area contributed by atoms with Gasteiger partial charge >= 0.3 is 7.60 Å². The minimum Gasteiger partial charge on any atom is -0.424 e.